The summed E-state index contributed by atoms with van der Waals surface area (Å²) in [5.41, 5.74) is 4.80. The smallest absolute Gasteiger partial charge is 0.243 e. The lowest BCUT2D eigenvalue weighted by Gasteiger charge is -2.29. The van der Waals surface area contributed by atoms with Crippen molar-refractivity contribution in [1.82, 2.24) is 20.4 Å². The maximum atomic E-state index is 13.8. The van der Waals surface area contributed by atoms with E-state index < -0.39 is 18.1 Å². The number of carbonyl (C=O) groups excluding carboxylic acids is 3. The van der Waals surface area contributed by atoms with Crippen LogP contribution in [0.4, 0.5) is 5.82 Å². The summed E-state index contributed by atoms with van der Waals surface area (Å²) in [7, 11) is 1.70. The highest BCUT2D eigenvalue weighted by Crippen LogP contribution is 2.33. The molecule has 2 unspecified atom stereocenters. The largest absolute Gasteiger partial charge is 0.391 e. The molecule has 11 heteroatoms. The number of hydrogen-bond donors (Lipinski definition) is 2. The number of hydrogen-bond acceptors (Lipinski definition) is 9. The summed E-state index contributed by atoms with van der Waals surface area (Å²) >= 11 is 1.59. The van der Waals surface area contributed by atoms with Crippen molar-refractivity contribution in [1.29, 1.82) is 0 Å². The zero-order chi connectivity index (χ0) is 28.3. The van der Waals surface area contributed by atoms with E-state index in [1.807, 2.05) is 57.5 Å². The summed E-state index contributed by atoms with van der Waals surface area (Å²) in [6.45, 7) is 7.85. The first-order valence-corrected chi connectivity index (χ1v) is 13.9. The van der Waals surface area contributed by atoms with Gasteiger partial charge < -0.3 is 29.5 Å². The lowest BCUT2D eigenvalue weighted by molar-refractivity contribution is -0.141. The molecule has 0 saturated carbocycles. The Bertz CT molecular complexity index is 1300. The number of aliphatic hydroxyl groups is 1. The van der Waals surface area contributed by atoms with Gasteiger partial charge in [0, 0.05) is 26.1 Å². The van der Waals surface area contributed by atoms with Crippen LogP contribution in [0, 0.1) is 12.8 Å². The van der Waals surface area contributed by atoms with E-state index in [9.17, 15) is 19.5 Å². The fourth-order valence-electron chi connectivity index (χ4n) is 4.93. The van der Waals surface area contributed by atoms with Crippen LogP contribution in [-0.4, -0.2) is 70.5 Å². The number of anilines is 1. The van der Waals surface area contributed by atoms with Gasteiger partial charge in [-0.25, -0.2) is 4.98 Å². The predicted molar refractivity (Wildman–Crippen MR) is 148 cm³/mol. The number of β-amino-alcohol motifs (C(OH)–C–C–N with tert-alkyl or cyclic N) is 1. The molecular formula is C28H35N5O5S. The number of nitrogens with zero attached hydrogens (tertiary/aromatic N) is 4. The summed E-state index contributed by atoms with van der Waals surface area (Å²) in [6, 6.07) is 8.52. The lowest BCUT2D eigenvalue weighted by atomic mass is 9.91. The molecule has 0 spiro atoms. The number of thiazole rings is 1. The Morgan fingerprint density at radius 1 is 1.28 bits per heavy atom. The second-order valence-corrected chi connectivity index (χ2v) is 11.2. The SMILES string of the molecule is Cc1ncsc1-c1ccc(C(C)NC(=O)[C@@H]2C[C@@H](O)CN2C(=O)C(c2cc(N(C)CC=O)no2)C(C)C)cc1. The summed E-state index contributed by atoms with van der Waals surface area (Å²) in [5.74, 6) is -0.683. The second-order valence-electron chi connectivity index (χ2n) is 10.4. The Balaban J connectivity index is 1.48. The third kappa shape index (κ3) is 6.20. The maximum absolute atomic E-state index is 13.8. The van der Waals surface area contributed by atoms with E-state index in [-0.39, 0.29) is 43.3 Å². The van der Waals surface area contributed by atoms with E-state index >= 15 is 0 Å². The number of likely N-dealkylation sites (N-methyl/N-ethyl adjacent to an activating group) is 1. The van der Waals surface area contributed by atoms with E-state index in [2.05, 4.69) is 15.5 Å². The zero-order valence-corrected chi connectivity index (χ0v) is 23.6. The molecule has 2 amide bonds. The quantitative estimate of drug-likeness (QED) is 0.366. The van der Waals surface area contributed by atoms with Gasteiger partial charge in [0.15, 0.2) is 11.6 Å². The van der Waals surface area contributed by atoms with Crippen LogP contribution in [0.1, 0.15) is 56.2 Å². The molecule has 3 aromatic rings. The first-order valence-electron chi connectivity index (χ1n) is 13.0. The molecule has 0 aliphatic carbocycles. The number of aliphatic hydroxyl groups excluding tert-OH is 1. The minimum atomic E-state index is -0.810. The molecule has 39 heavy (non-hydrogen) atoms. The third-order valence-electron chi connectivity index (χ3n) is 7.14. The molecule has 1 aliphatic heterocycles. The van der Waals surface area contributed by atoms with Crippen molar-refractivity contribution in [2.24, 2.45) is 5.92 Å². The van der Waals surface area contributed by atoms with Crippen molar-refractivity contribution >= 4 is 35.3 Å². The third-order valence-corrected chi connectivity index (χ3v) is 8.11. The van der Waals surface area contributed by atoms with Crippen LogP contribution in [0.2, 0.25) is 0 Å². The Labute approximate surface area is 232 Å². The molecule has 1 aliphatic rings. The number of rotatable bonds is 10. The average Bonchev–Trinajstić information content (AvgIpc) is 3.64. The Kier molecular flexibility index (Phi) is 8.81. The Morgan fingerprint density at radius 3 is 2.62 bits per heavy atom. The number of nitrogens with one attached hydrogen (secondary N) is 1. The molecule has 2 aromatic heterocycles. The molecule has 208 valence electrons. The maximum Gasteiger partial charge on any atom is 0.243 e. The lowest BCUT2D eigenvalue weighted by Crippen LogP contribution is -2.48. The van der Waals surface area contributed by atoms with Gasteiger partial charge in [0.05, 0.1) is 34.8 Å². The van der Waals surface area contributed by atoms with Gasteiger partial charge in [-0.05, 0) is 30.9 Å². The number of benzene rings is 1. The van der Waals surface area contributed by atoms with Crippen LogP contribution >= 0.6 is 11.3 Å². The van der Waals surface area contributed by atoms with E-state index in [1.165, 1.54) is 4.90 Å². The minimum Gasteiger partial charge on any atom is -0.391 e. The second kappa shape index (κ2) is 12.1. The molecular weight excluding hydrogens is 518 g/mol. The molecule has 3 heterocycles. The van der Waals surface area contributed by atoms with Gasteiger partial charge in [0.25, 0.3) is 0 Å². The molecule has 4 atom stereocenters. The molecule has 1 saturated heterocycles. The van der Waals surface area contributed by atoms with Gasteiger partial charge in [0.1, 0.15) is 18.2 Å². The summed E-state index contributed by atoms with van der Waals surface area (Å²) in [5, 5.41) is 17.5. The molecule has 0 radical (unpaired) electrons. The molecule has 1 fully saturated rings. The van der Waals surface area contributed by atoms with Crippen molar-refractivity contribution in [3.05, 3.63) is 52.9 Å². The fourth-order valence-corrected chi connectivity index (χ4v) is 5.74. The number of likely N-dealkylation sites (tertiary alicyclic amines) is 1. The van der Waals surface area contributed by atoms with Crippen LogP contribution in [0.25, 0.3) is 10.4 Å². The van der Waals surface area contributed by atoms with Crippen LogP contribution < -0.4 is 10.2 Å². The number of aldehydes is 1. The monoisotopic (exact) mass is 553 g/mol. The normalized spacial score (nSPS) is 18.7. The van der Waals surface area contributed by atoms with Gasteiger partial charge in [-0.15, -0.1) is 11.3 Å². The summed E-state index contributed by atoms with van der Waals surface area (Å²) in [4.78, 5) is 46.5. The van der Waals surface area contributed by atoms with Crippen LogP contribution in [0.15, 0.2) is 40.4 Å². The van der Waals surface area contributed by atoms with Gasteiger partial charge in [-0.3, -0.25) is 9.59 Å². The van der Waals surface area contributed by atoms with Gasteiger partial charge in [-0.1, -0.05) is 43.3 Å². The predicted octanol–water partition coefficient (Wildman–Crippen LogP) is 3.32. The Morgan fingerprint density at radius 2 is 2.00 bits per heavy atom. The molecule has 10 nitrogen and oxygen atoms in total. The van der Waals surface area contributed by atoms with E-state index in [0.717, 1.165) is 28.0 Å². The number of amides is 2. The van der Waals surface area contributed by atoms with Crippen molar-refractivity contribution in [3.63, 3.8) is 0 Å². The minimum absolute atomic E-state index is 0.0590. The molecule has 1 aromatic carbocycles. The Hall–Kier alpha value is -3.57. The highest BCUT2D eigenvalue weighted by molar-refractivity contribution is 7.13. The standard InChI is InChI=1S/C28H35N5O5S/c1-16(2)25(23-13-24(31-38-23)32(5)10-11-34)28(37)33-14-21(35)12-22(33)27(36)30-17(3)19-6-8-20(9-7-19)26-18(4)29-15-39-26/h6-9,11,13,15-17,21-22,25,35H,10,12,14H2,1-5H3,(H,30,36)/t17?,21-,22+,25?/m1/s1. The van der Waals surface area contributed by atoms with Crippen LogP contribution in [-0.2, 0) is 14.4 Å². The first kappa shape index (κ1) is 28.4. The average molecular weight is 554 g/mol. The molecule has 0 bridgehead atoms. The number of carbonyl (C=O) groups is 3. The topological polar surface area (TPSA) is 129 Å². The first-order chi connectivity index (χ1) is 18.6. The highest BCUT2D eigenvalue weighted by atomic mass is 32.1. The van der Waals surface area contributed by atoms with E-state index in [4.69, 9.17) is 4.52 Å². The van der Waals surface area contributed by atoms with Crippen molar-refractivity contribution < 1.29 is 24.0 Å². The molecule has 4 rings (SSSR count). The van der Waals surface area contributed by atoms with Crippen molar-refractivity contribution in [2.45, 2.75) is 58.2 Å². The number of aromatic nitrogens is 2. The number of aryl methyl sites for hydroxylation is 1. The fraction of sp³-hybridized carbons (Fsp3) is 0.464. The summed E-state index contributed by atoms with van der Waals surface area (Å²) < 4.78 is 5.50. The van der Waals surface area contributed by atoms with Crippen molar-refractivity contribution in [3.8, 4) is 10.4 Å². The van der Waals surface area contributed by atoms with Crippen LogP contribution in [0.3, 0.4) is 0 Å². The van der Waals surface area contributed by atoms with E-state index in [1.54, 1.807) is 29.4 Å². The van der Waals surface area contributed by atoms with Gasteiger partial charge in [-0.2, -0.15) is 0 Å². The molecule has 2 N–H and O–H groups in total. The van der Waals surface area contributed by atoms with Gasteiger partial charge in [0.2, 0.25) is 11.8 Å². The zero-order valence-electron chi connectivity index (χ0n) is 22.8. The van der Waals surface area contributed by atoms with Crippen molar-refractivity contribution in [2.75, 3.05) is 25.0 Å². The van der Waals surface area contributed by atoms with Gasteiger partial charge >= 0.3 is 0 Å². The summed E-state index contributed by atoms with van der Waals surface area (Å²) in [6.07, 6.45) is 0.104. The van der Waals surface area contributed by atoms with Crippen LogP contribution in [0.5, 0.6) is 0 Å². The van der Waals surface area contributed by atoms with E-state index in [0.29, 0.717) is 11.6 Å². The highest BCUT2D eigenvalue weighted by Gasteiger charge is 2.43.